The first kappa shape index (κ1) is 20.9. The average Bonchev–Trinajstić information content (AvgIpc) is 2.43. The second kappa shape index (κ2) is 7.32. The molecule has 152 valence electrons. The van der Waals surface area contributed by atoms with Gasteiger partial charge < -0.3 is 24.6 Å². The molecule has 1 saturated carbocycles. The molecule has 1 heterocycles. The Kier molecular flexibility index (Phi) is 5.67. The summed E-state index contributed by atoms with van der Waals surface area (Å²) in [7, 11) is 0. The molecular formula is C17H21F4NO5. The summed E-state index contributed by atoms with van der Waals surface area (Å²) in [6, 6.07) is 3.05. The Morgan fingerprint density at radius 1 is 1.15 bits per heavy atom. The number of fused-ring (bicyclic) bond motifs is 1. The number of hydrogen-bond donors (Lipinski definition) is 2. The summed E-state index contributed by atoms with van der Waals surface area (Å²) in [6.07, 6.45) is -6.35. The molecule has 1 aromatic rings. The molecule has 2 N–H and O–H groups in total. The first-order valence-corrected chi connectivity index (χ1v) is 8.25. The van der Waals surface area contributed by atoms with E-state index in [1.165, 1.54) is 6.42 Å². The molecular weight excluding hydrogens is 374 g/mol. The van der Waals surface area contributed by atoms with Crippen molar-refractivity contribution in [2.75, 3.05) is 0 Å². The molecule has 3 rings (SSSR count). The molecule has 1 fully saturated rings. The van der Waals surface area contributed by atoms with Gasteiger partial charge in [-0.15, -0.1) is 0 Å². The molecule has 27 heavy (non-hydrogen) atoms. The van der Waals surface area contributed by atoms with E-state index in [2.05, 4.69) is 14.8 Å². The highest BCUT2D eigenvalue weighted by Gasteiger charge is 2.65. The highest BCUT2D eigenvalue weighted by Crippen LogP contribution is 2.47. The number of alkyl carbamates (subject to hydrolysis) is 1. The Morgan fingerprint density at radius 3 is 2.19 bits per heavy atom. The van der Waals surface area contributed by atoms with E-state index in [0.29, 0.717) is 6.04 Å². The quantitative estimate of drug-likeness (QED) is 0.689. The van der Waals surface area contributed by atoms with Crippen LogP contribution in [0.2, 0.25) is 0 Å². The number of nitrogens with one attached hydrogen (secondary N) is 1. The van der Waals surface area contributed by atoms with Crippen LogP contribution in [0.15, 0.2) is 18.2 Å². The van der Waals surface area contributed by atoms with Crippen LogP contribution in [0, 0.1) is 0 Å². The summed E-state index contributed by atoms with van der Waals surface area (Å²) in [5, 5.41) is 11.7. The van der Waals surface area contributed by atoms with E-state index in [1.807, 2.05) is 20.8 Å². The van der Waals surface area contributed by atoms with Crippen molar-refractivity contribution in [2.45, 2.75) is 63.9 Å². The van der Waals surface area contributed by atoms with Gasteiger partial charge >= 0.3 is 18.3 Å². The van der Waals surface area contributed by atoms with Crippen LogP contribution in [0.5, 0.6) is 17.2 Å². The molecule has 1 aliphatic carbocycles. The predicted molar refractivity (Wildman–Crippen MR) is 86.3 cm³/mol. The van der Waals surface area contributed by atoms with Gasteiger partial charge in [0.2, 0.25) is 0 Å². The predicted octanol–water partition coefficient (Wildman–Crippen LogP) is 4.41. The summed E-state index contributed by atoms with van der Waals surface area (Å²) in [4.78, 5) is 11.1. The Hall–Kier alpha value is -2.39. The Balaban J connectivity index is 0.000000199. The smallest absolute Gasteiger partial charge is 0.507 e. The number of rotatable bonds is 1. The van der Waals surface area contributed by atoms with Gasteiger partial charge in [0.1, 0.15) is 11.4 Å². The maximum atomic E-state index is 12.6. The molecule has 0 bridgehead atoms. The highest BCUT2D eigenvalue weighted by atomic mass is 19.3. The lowest BCUT2D eigenvalue weighted by atomic mass is 9.93. The third-order valence-corrected chi connectivity index (χ3v) is 3.57. The SMILES string of the molecule is CC(C)(C)OC(=O)NC1CCC1.Oc1ccc2c(c1)OC(F)(F)C(F)(F)O2. The molecule has 0 saturated heterocycles. The number of carbonyl (C=O) groups excluding carboxylic acids is 1. The molecule has 0 aromatic heterocycles. The van der Waals surface area contributed by atoms with Gasteiger partial charge in [-0.05, 0) is 52.2 Å². The summed E-state index contributed by atoms with van der Waals surface area (Å²) < 4.78 is 63.0. The second-order valence-electron chi connectivity index (χ2n) is 7.14. The molecule has 1 amide bonds. The minimum atomic E-state index is -4.76. The van der Waals surface area contributed by atoms with Crippen LogP contribution in [-0.4, -0.2) is 35.1 Å². The van der Waals surface area contributed by atoms with Gasteiger partial charge in [-0.2, -0.15) is 17.6 Å². The molecule has 2 aliphatic rings. The molecule has 10 heteroatoms. The van der Waals surface area contributed by atoms with Gasteiger partial charge in [-0.25, -0.2) is 4.79 Å². The standard InChI is InChI=1S/C9H17NO2.C8H4F4O3/c1-9(2,3)12-8(11)10-7-5-4-6-7;9-7(10)8(11,12)15-6-3-4(13)1-2-5(6)14-7/h7H,4-6H2,1-3H3,(H,10,11);1-3,13H. The fourth-order valence-corrected chi connectivity index (χ4v) is 2.08. The highest BCUT2D eigenvalue weighted by molar-refractivity contribution is 5.68. The number of phenolic OH excluding ortho intramolecular Hbond substituents is 1. The number of alkyl halides is 4. The lowest BCUT2D eigenvalue weighted by Crippen LogP contribution is -2.52. The average molecular weight is 395 g/mol. The van der Waals surface area contributed by atoms with E-state index in [4.69, 9.17) is 9.84 Å². The number of carbonyl (C=O) groups is 1. The van der Waals surface area contributed by atoms with Crippen LogP contribution >= 0.6 is 0 Å². The number of amides is 1. The van der Waals surface area contributed by atoms with Crippen LogP contribution < -0.4 is 14.8 Å². The maximum absolute atomic E-state index is 12.6. The third-order valence-electron chi connectivity index (χ3n) is 3.57. The van der Waals surface area contributed by atoms with Gasteiger partial charge in [0.15, 0.2) is 11.5 Å². The summed E-state index contributed by atoms with van der Waals surface area (Å²) >= 11 is 0. The number of ether oxygens (including phenoxy) is 3. The first-order chi connectivity index (χ1) is 12.3. The fraction of sp³-hybridized carbons (Fsp3) is 0.588. The van der Waals surface area contributed by atoms with Crippen LogP contribution in [0.1, 0.15) is 40.0 Å². The topological polar surface area (TPSA) is 77.0 Å². The van der Waals surface area contributed by atoms with Crippen molar-refractivity contribution < 1.29 is 41.7 Å². The number of halogens is 4. The van der Waals surface area contributed by atoms with E-state index < -0.39 is 29.5 Å². The largest absolute Gasteiger partial charge is 0.508 e. The summed E-state index contributed by atoms with van der Waals surface area (Å²) in [5.74, 6) is -1.58. The fourth-order valence-electron chi connectivity index (χ4n) is 2.08. The zero-order chi connectivity index (χ0) is 20.5. The molecule has 0 spiro atoms. The number of benzene rings is 1. The van der Waals surface area contributed by atoms with E-state index in [0.717, 1.165) is 31.0 Å². The Labute approximate surface area is 153 Å². The van der Waals surface area contributed by atoms with Crippen molar-refractivity contribution in [3.05, 3.63) is 18.2 Å². The van der Waals surface area contributed by atoms with Gasteiger partial charge in [0, 0.05) is 12.1 Å². The van der Waals surface area contributed by atoms with E-state index in [9.17, 15) is 22.4 Å². The van der Waals surface area contributed by atoms with Crippen molar-refractivity contribution >= 4 is 6.09 Å². The molecule has 0 atom stereocenters. The molecule has 1 aliphatic heterocycles. The Morgan fingerprint density at radius 2 is 1.70 bits per heavy atom. The van der Waals surface area contributed by atoms with Gasteiger partial charge in [0.25, 0.3) is 0 Å². The number of hydrogen-bond acceptors (Lipinski definition) is 5. The van der Waals surface area contributed by atoms with Crippen LogP contribution in [-0.2, 0) is 4.74 Å². The van der Waals surface area contributed by atoms with Crippen LogP contribution in [0.25, 0.3) is 0 Å². The first-order valence-electron chi connectivity index (χ1n) is 8.25. The zero-order valence-corrected chi connectivity index (χ0v) is 15.0. The third kappa shape index (κ3) is 5.54. The maximum Gasteiger partial charge on any atom is 0.507 e. The number of aromatic hydroxyl groups is 1. The van der Waals surface area contributed by atoms with Crippen molar-refractivity contribution in [3.63, 3.8) is 0 Å². The second-order valence-corrected chi connectivity index (χ2v) is 7.14. The monoisotopic (exact) mass is 395 g/mol. The molecule has 1 aromatic carbocycles. The van der Waals surface area contributed by atoms with Crippen molar-refractivity contribution in [3.8, 4) is 17.2 Å². The summed E-state index contributed by atoms with van der Waals surface area (Å²) in [5.41, 5.74) is -0.381. The zero-order valence-electron chi connectivity index (χ0n) is 15.0. The summed E-state index contributed by atoms with van der Waals surface area (Å²) in [6.45, 7) is 5.61. The van der Waals surface area contributed by atoms with E-state index in [1.54, 1.807) is 0 Å². The van der Waals surface area contributed by atoms with Crippen molar-refractivity contribution in [1.29, 1.82) is 0 Å². The van der Waals surface area contributed by atoms with E-state index in [-0.39, 0.29) is 11.7 Å². The van der Waals surface area contributed by atoms with Gasteiger partial charge in [-0.1, -0.05) is 0 Å². The lowest BCUT2D eigenvalue weighted by molar-refractivity contribution is -0.391. The minimum absolute atomic E-state index is 0.285. The van der Waals surface area contributed by atoms with Crippen molar-refractivity contribution in [2.24, 2.45) is 0 Å². The Bertz CT molecular complexity index is 686. The molecule has 6 nitrogen and oxygen atoms in total. The van der Waals surface area contributed by atoms with E-state index >= 15 is 0 Å². The van der Waals surface area contributed by atoms with Gasteiger partial charge in [-0.3, -0.25) is 0 Å². The molecule has 0 unspecified atom stereocenters. The molecule has 0 radical (unpaired) electrons. The van der Waals surface area contributed by atoms with Crippen molar-refractivity contribution in [1.82, 2.24) is 5.32 Å². The van der Waals surface area contributed by atoms with Crippen LogP contribution in [0.3, 0.4) is 0 Å². The normalized spacial score (nSPS) is 19.8. The van der Waals surface area contributed by atoms with Crippen LogP contribution in [0.4, 0.5) is 22.4 Å². The minimum Gasteiger partial charge on any atom is -0.508 e. The lowest BCUT2D eigenvalue weighted by Gasteiger charge is -2.31. The number of phenols is 1. The van der Waals surface area contributed by atoms with Gasteiger partial charge in [0.05, 0.1) is 0 Å².